The Bertz CT molecular complexity index is 3120. The molecule has 4 aliphatic heterocycles. The molecule has 0 saturated carbocycles. The maximum Gasteiger partial charge on any atom is 0.0547 e. The number of H-pyrrole nitrogens is 1. The Morgan fingerprint density at radius 2 is 0.895 bits per heavy atom. The molecule has 4 aromatic rings. The number of carboxylic acid groups (broad SMARTS) is 1. The minimum Gasteiger partial charge on any atom is -0.397 e. The van der Waals surface area contributed by atoms with E-state index < -0.39 is 76.1 Å². The van der Waals surface area contributed by atoms with Gasteiger partial charge in [-0.1, -0.05) is 91.8 Å². The SMILES string of the molecule is C=C.CC.CC.CC.COC(=O)[C@@H](C)N1CCC(C)(C(=O)Nc2ccccc2N)C1=O.COC(=O)[C@@H](C)N1CCC(C)(C(=O)O)C1=O.COC(=O)[C@@H](C)N1CCC(C)(C)C1=O.COC(=O)[C@@H](C)N1CCC(C)(c2nc3ccccc3[nH]2)C1=O.CPB=O.Nc1ccccc1N. The van der Waals surface area contributed by atoms with E-state index in [4.69, 9.17) is 27.0 Å². The summed E-state index contributed by atoms with van der Waals surface area (Å²) in [6, 6.07) is 19.3. The topological polar surface area (TPSA) is 377 Å². The predicted octanol–water partition coefficient (Wildman–Crippen LogP) is 8.29. The van der Waals surface area contributed by atoms with Gasteiger partial charge in [0.25, 0.3) is 0 Å². The summed E-state index contributed by atoms with van der Waals surface area (Å²) >= 11 is 0. The third-order valence-corrected chi connectivity index (χ3v) is 16.1. The van der Waals surface area contributed by atoms with Crippen molar-refractivity contribution in [2.75, 3.05) is 83.8 Å². The number of nitrogen functional groups attached to an aromatic ring is 3. The second kappa shape index (κ2) is 42.6. The van der Waals surface area contributed by atoms with Crippen LogP contribution in [0.4, 0.5) is 22.7 Å². The zero-order chi connectivity index (χ0) is 73.9. The number of esters is 4. The molecule has 8 rings (SSSR count). The van der Waals surface area contributed by atoms with Crippen molar-refractivity contribution in [2.24, 2.45) is 16.2 Å². The second-order valence-electron chi connectivity index (χ2n) is 22.2. The molecule has 4 aliphatic rings. The van der Waals surface area contributed by atoms with E-state index in [1.54, 1.807) is 73.9 Å². The first-order chi connectivity index (χ1) is 44.7. The van der Waals surface area contributed by atoms with Gasteiger partial charge in [0, 0.05) is 31.6 Å². The standard InChI is InChI=1S/C16H21N3O4.C16H19N3O3.C10H15NO5.C10H17NO3.C6H8N2.3C2H6.C2H4.CH4BOP/c1-10(13(20)23-3)19-9-8-16(2,15(19)22)14(21)18-12-7-5-4-6-11(12)17;1-10(13(20)22-3)19-9-8-16(2,15(19)21)14-17-11-6-4-5-7-12(11)18-14;1-6(7(12)16-3)11-5-4-10(2,8(11)13)9(14)15;1-7(8(12)14-4)11-6-5-10(2,3)9(11)13;7-5-3-1-2-4-6(5)8;4*1-2;1-4-2-3/h4-7,10H,8-9,17H2,1-3H3,(H,18,21);4-7,10H,8-9H2,1-3H3,(H,17,18);6H,4-5H2,1-3H3,(H,14,15);7H,5-6H2,1-4H3;1-4H,7-8H2;3*1-2H3;1-2H2;4H,1H3/t2*10-,16?;6-,10?;7-;;;;;;/m1111....../s1. The van der Waals surface area contributed by atoms with E-state index in [1.807, 2.05) is 105 Å². The van der Waals surface area contributed by atoms with Crippen molar-refractivity contribution >= 4 is 108 Å². The molecule has 0 aliphatic carbocycles. The molecule has 5 amide bonds. The van der Waals surface area contributed by atoms with Crippen LogP contribution in [0.15, 0.2) is 86.0 Å². The van der Waals surface area contributed by atoms with E-state index in [9.17, 15) is 52.7 Å². The monoisotopic (exact) mass is 1350 g/mol. The molecular formula is C67H106BN10O16P. The Labute approximate surface area is 563 Å². The van der Waals surface area contributed by atoms with E-state index >= 15 is 0 Å². The number of benzene rings is 3. The van der Waals surface area contributed by atoms with E-state index in [-0.39, 0.29) is 42.1 Å². The second-order valence-corrected chi connectivity index (χ2v) is 23.0. The van der Waals surface area contributed by atoms with Crippen molar-refractivity contribution in [1.82, 2.24) is 29.6 Å². The zero-order valence-corrected chi connectivity index (χ0v) is 60.4. The molecule has 26 nitrogen and oxygen atoms in total. The maximum atomic E-state index is 12.8. The van der Waals surface area contributed by atoms with Gasteiger partial charge in [-0.15, -0.1) is 13.2 Å². The zero-order valence-electron chi connectivity index (χ0n) is 59.4. The average Bonchev–Trinajstić information content (AvgIpc) is 1.63. The number of hydrogen-bond donors (Lipinski definition) is 6. The van der Waals surface area contributed by atoms with Crippen molar-refractivity contribution in [1.29, 1.82) is 0 Å². The summed E-state index contributed by atoms with van der Waals surface area (Å²) in [7, 11) is 5.63. The number of nitrogens with two attached hydrogens (primary N) is 3. The first-order valence-electron chi connectivity index (χ1n) is 31.4. The number of aromatic nitrogens is 2. The quantitative estimate of drug-likeness (QED) is 0.0139. The molecule has 8 atom stereocenters. The Morgan fingerprint density at radius 1 is 0.558 bits per heavy atom. The van der Waals surface area contributed by atoms with Crippen LogP contribution in [0, 0.1) is 16.2 Å². The average molecular weight is 1350 g/mol. The number of carboxylic acids is 1. The normalized spacial score (nSPS) is 19.7. The summed E-state index contributed by atoms with van der Waals surface area (Å²) in [5, 5.41) is 11.7. The first-order valence-corrected chi connectivity index (χ1v) is 32.9. The van der Waals surface area contributed by atoms with Gasteiger partial charge >= 0.3 is 56.5 Å². The summed E-state index contributed by atoms with van der Waals surface area (Å²) < 4.78 is 27.7. The smallest absolute Gasteiger partial charge is 0.0547 e. The molecule has 4 saturated heterocycles. The molecule has 5 heterocycles. The molecule has 528 valence electrons. The van der Waals surface area contributed by atoms with Crippen molar-refractivity contribution in [3.05, 3.63) is 91.8 Å². The largest absolute Gasteiger partial charge is 0.397 e. The van der Waals surface area contributed by atoms with Gasteiger partial charge in [0.1, 0.15) is 46.2 Å². The number of nitrogens with zero attached hydrogens (tertiary/aromatic N) is 5. The number of nitrogens with one attached hydrogen (secondary N) is 2. The molecular weight excluding hydrogens is 1240 g/mol. The molecule has 4 fully saturated rings. The third-order valence-electron chi connectivity index (χ3n) is 15.8. The number of imidazole rings is 1. The van der Waals surface area contributed by atoms with Gasteiger partial charge in [-0.2, -0.15) is 0 Å². The number of methoxy groups -OCH3 is 4. The Balaban J connectivity index is 0. The van der Waals surface area contributed by atoms with E-state index in [0.717, 1.165) is 24.3 Å². The fourth-order valence-electron chi connectivity index (χ4n) is 9.50. The van der Waals surface area contributed by atoms with Gasteiger partial charge in [0.05, 0.1) is 62.2 Å². The summed E-state index contributed by atoms with van der Waals surface area (Å²) in [4.78, 5) is 132. The number of fused-ring (bicyclic) bond motifs is 1. The van der Waals surface area contributed by atoms with Gasteiger partial charge in [-0.25, -0.2) is 24.2 Å². The van der Waals surface area contributed by atoms with Gasteiger partial charge in [-0.3, -0.25) is 28.8 Å². The molecule has 1 aromatic heterocycles. The Morgan fingerprint density at radius 3 is 1.24 bits per heavy atom. The fraction of sp³-hybridized carbons (Fsp3) is 0.537. The Kier molecular flexibility index (Phi) is 39.6. The number of carbonyl (C=O) groups is 10. The van der Waals surface area contributed by atoms with E-state index in [1.165, 1.54) is 52.1 Å². The minimum atomic E-state index is -1.41. The van der Waals surface area contributed by atoms with Crippen LogP contribution in [0.1, 0.15) is 135 Å². The van der Waals surface area contributed by atoms with Gasteiger partial charge in [-0.05, 0) is 111 Å². The number of amides is 5. The molecule has 3 aromatic carbocycles. The third kappa shape index (κ3) is 23.3. The summed E-state index contributed by atoms with van der Waals surface area (Å²) in [6.07, 6.45) is 1.95. The van der Waals surface area contributed by atoms with Gasteiger partial charge < -0.3 is 71.2 Å². The summed E-state index contributed by atoms with van der Waals surface area (Å²) in [5.41, 5.74) is 16.8. The molecule has 0 radical (unpaired) electrons. The van der Waals surface area contributed by atoms with Crippen LogP contribution in [-0.4, -0.2) is 186 Å². The van der Waals surface area contributed by atoms with Gasteiger partial charge in [0.15, 0.2) is 0 Å². The number of para-hydroxylation sites is 6. The molecule has 9 N–H and O–H groups in total. The number of carbonyl (C=O) groups excluding carboxylic acids is 9. The van der Waals surface area contributed by atoms with Crippen molar-refractivity contribution in [3.8, 4) is 0 Å². The molecule has 0 spiro atoms. The van der Waals surface area contributed by atoms with Crippen molar-refractivity contribution in [2.45, 2.75) is 159 Å². The number of hydrogen-bond acceptors (Lipinski definition) is 19. The fourth-order valence-corrected chi connectivity index (χ4v) is 9.50. The van der Waals surface area contributed by atoms with Crippen LogP contribution >= 0.6 is 8.46 Å². The molecule has 28 heteroatoms. The molecule has 0 bridgehead atoms. The molecule has 95 heavy (non-hydrogen) atoms. The van der Waals surface area contributed by atoms with Crippen LogP contribution in [0.2, 0.25) is 0 Å². The number of aliphatic carboxylic acids is 1. The summed E-state index contributed by atoms with van der Waals surface area (Å²) in [5.74, 6) is -3.70. The summed E-state index contributed by atoms with van der Waals surface area (Å²) in [6.45, 7) is 37.6. The van der Waals surface area contributed by atoms with E-state index in [0.29, 0.717) is 69.5 Å². The first kappa shape index (κ1) is 88.3. The van der Waals surface area contributed by atoms with Gasteiger partial charge in [0.2, 0.25) is 29.5 Å². The number of ether oxygens (including phenoxy) is 4. The number of anilines is 4. The maximum absolute atomic E-state index is 12.8. The van der Waals surface area contributed by atoms with Crippen LogP contribution < -0.4 is 22.5 Å². The Hall–Kier alpha value is -8.74. The minimum absolute atomic E-state index is 0.0374. The van der Waals surface area contributed by atoms with Crippen LogP contribution in [0.25, 0.3) is 11.0 Å². The number of rotatable bonds is 13. The number of aromatic amines is 1. The number of likely N-dealkylation sites (tertiary alicyclic amines) is 4. The molecule has 4 unspecified atom stereocenters. The van der Waals surface area contributed by atoms with Crippen molar-refractivity contribution < 1.29 is 76.7 Å². The van der Waals surface area contributed by atoms with Crippen molar-refractivity contribution in [3.63, 3.8) is 0 Å². The van der Waals surface area contributed by atoms with Crippen LogP contribution in [0.5, 0.6) is 0 Å². The predicted molar refractivity (Wildman–Crippen MR) is 373 cm³/mol. The van der Waals surface area contributed by atoms with Crippen LogP contribution in [-0.2, 0) is 77.0 Å². The van der Waals surface area contributed by atoms with Crippen LogP contribution in [0.3, 0.4) is 0 Å². The van der Waals surface area contributed by atoms with E-state index in [2.05, 4.69) is 42.7 Å².